The summed E-state index contributed by atoms with van der Waals surface area (Å²) >= 11 is 0. The second-order valence-electron chi connectivity index (χ2n) is 6.99. The van der Waals surface area contributed by atoms with Crippen LogP contribution in [0.5, 0.6) is 11.5 Å². The molecule has 1 aromatic rings. The Labute approximate surface area is 139 Å². The van der Waals surface area contributed by atoms with Gasteiger partial charge in [0.05, 0.1) is 5.56 Å². The maximum Gasteiger partial charge on any atom is 0.257 e. The third kappa shape index (κ3) is 4.88. The van der Waals surface area contributed by atoms with Gasteiger partial charge in [0.1, 0.15) is 13.2 Å². The van der Waals surface area contributed by atoms with E-state index in [9.17, 15) is 4.79 Å². The Morgan fingerprint density at radius 3 is 2.26 bits per heavy atom. The van der Waals surface area contributed by atoms with E-state index in [1.54, 1.807) is 0 Å². The van der Waals surface area contributed by atoms with Crippen molar-refractivity contribution in [3.05, 3.63) is 23.8 Å². The molecule has 0 N–H and O–H groups in total. The number of para-hydroxylation sites is 1. The Balaban J connectivity index is 2.18. The first-order valence-electron chi connectivity index (χ1n) is 8.67. The summed E-state index contributed by atoms with van der Waals surface area (Å²) in [6.07, 6.45) is 2.02. The van der Waals surface area contributed by atoms with E-state index in [0.717, 1.165) is 25.9 Å². The van der Waals surface area contributed by atoms with E-state index in [2.05, 4.69) is 27.7 Å². The van der Waals surface area contributed by atoms with Crippen LogP contribution in [-0.4, -0.2) is 37.1 Å². The van der Waals surface area contributed by atoms with E-state index in [1.807, 2.05) is 23.1 Å². The van der Waals surface area contributed by atoms with Crippen LogP contribution in [0.4, 0.5) is 0 Å². The topological polar surface area (TPSA) is 38.8 Å². The van der Waals surface area contributed by atoms with Crippen molar-refractivity contribution < 1.29 is 14.3 Å². The van der Waals surface area contributed by atoms with Crippen LogP contribution in [0.25, 0.3) is 0 Å². The lowest BCUT2D eigenvalue weighted by atomic mass is 10.1. The van der Waals surface area contributed by atoms with Crippen molar-refractivity contribution in [3.8, 4) is 11.5 Å². The summed E-state index contributed by atoms with van der Waals surface area (Å²) in [6, 6.07) is 5.56. The van der Waals surface area contributed by atoms with Gasteiger partial charge in [-0.05, 0) is 36.8 Å². The fraction of sp³-hybridized carbons (Fsp3) is 0.632. The van der Waals surface area contributed by atoms with Crippen molar-refractivity contribution in [2.45, 2.75) is 40.5 Å². The standard InChI is InChI=1S/C19H29NO3/c1-14(2)8-10-20(11-9-15(3)4)19(21)16-6-5-7-17-18(16)23-13-12-22-17/h5-7,14-15H,8-13H2,1-4H3. The highest BCUT2D eigenvalue weighted by Crippen LogP contribution is 2.34. The largest absolute Gasteiger partial charge is 0.486 e. The third-order valence-electron chi connectivity index (χ3n) is 4.04. The molecule has 0 spiro atoms. The van der Waals surface area contributed by atoms with Crippen LogP contribution < -0.4 is 9.47 Å². The van der Waals surface area contributed by atoms with Gasteiger partial charge >= 0.3 is 0 Å². The molecule has 0 aliphatic carbocycles. The second kappa shape index (κ2) is 8.23. The van der Waals surface area contributed by atoms with Gasteiger partial charge in [-0.2, -0.15) is 0 Å². The average molecular weight is 319 g/mol. The Kier molecular flexibility index (Phi) is 6.31. The molecule has 1 aliphatic rings. The van der Waals surface area contributed by atoms with E-state index in [4.69, 9.17) is 9.47 Å². The highest BCUT2D eigenvalue weighted by Gasteiger charge is 2.24. The molecule has 0 fully saturated rings. The number of benzene rings is 1. The minimum absolute atomic E-state index is 0.0497. The summed E-state index contributed by atoms with van der Waals surface area (Å²) < 4.78 is 11.3. The minimum atomic E-state index is 0.0497. The second-order valence-corrected chi connectivity index (χ2v) is 6.99. The molecule has 0 saturated heterocycles. The quantitative estimate of drug-likeness (QED) is 0.762. The van der Waals surface area contributed by atoms with Crippen molar-refractivity contribution in [2.75, 3.05) is 26.3 Å². The molecule has 0 bridgehead atoms. The van der Waals surface area contributed by atoms with E-state index >= 15 is 0 Å². The van der Waals surface area contributed by atoms with Crippen LogP contribution in [-0.2, 0) is 0 Å². The van der Waals surface area contributed by atoms with E-state index < -0.39 is 0 Å². The van der Waals surface area contributed by atoms with E-state index in [-0.39, 0.29) is 5.91 Å². The number of rotatable bonds is 7. The molecule has 0 saturated carbocycles. The van der Waals surface area contributed by atoms with Crippen LogP contribution in [0.15, 0.2) is 18.2 Å². The first kappa shape index (κ1) is 17.6. The Bertz CT molecular complexity index is 513. The number of nitrogens with zero attached hydrogens (tertiary/aromatic N) is 1. The molecule has 1 aliphatic heterocycles. The Morgan fingerprint density at radius 1 is 1.04 bits per heavy atom. The minimum Gasteiger partial charge on any atom is -0.486 e. The highest BCUT2D eigenvalue weighted by molar-refractivity contribution is 5.97. The van der Waals surface area contributed by atoms with Gasteiger partial charge in [0.2, 0.25) is 0 Å². The summed E-state index contributed by atoms with van der Waals surface area (Å²) in [5.41, 5.74) is 0.620. The third-order valence-corrected chi connectivity index (χ3v) is 4.04. The maximum atomic E-state index is 13.0. The van der Waals surface area contributed by atoms with Gasteiger partial charge in [0, 0.05) is 13.1 Å². The predicted molar refractivity (Wildman–Crippen MR) is 92.2 cm³/mol. The molecule has 1 aromatic carbocycles. The molecule has 0 aromatic heterocycles. The van der Waals surface area contributed by atoms with Crippen LogP contribution in [0, 0.1) is 11.8 Å². The lowest BCUT2D eigenvalue weighted by Crippen LogP contribution is -2.34. The van der Waals surface area contributed by atoms with E-state index in [1.165, 1.54) is 0 Å². The number of hydrogen-bond donors (Lipinski definition) is 0. The Hall–Kier alpha value is -1.71. The monoisotopic (exact) mass is 319 g/mol. The molecular formula is C19H29NO3. The molecule has 1 heterocycles. The summed E-state index contributed by atoms with van der Waals surface area (Å²) in [5, 5.41) is 0. The molecule has 23 heavy (non-hydrogen) atoms. The van der Waals surface area contributed by atoms with E-state index in [0.29, 0.717) is 42.1 Å². The van der Waals surface area contributed by atoms with Crippen LogP contribution in [0.2, 0.25) is 0 Å². The van der Waals surface area contributed by atoms with Gasteiger partial charge in [-0.15, -0.1) is 0 Å². The molecule has 0 radical (unpaired) electrons. The molecule has 0 unspecified atom stereocenters. The number of carbonyl (C=O) groups is 1. The summed E-state index contributed by atoms with van der Waals surface area (Å²) in [6.45, 7) is 11.4. The maximum absolute atomic E-state index is 13.0. The van der Waals surface area contributed by atoms with Crippen molar-refractivity contribution in [3.63, 3.8) is 0 Å². The summed E-state index contributed by atoms with van der Waals surface area (Å²) in [5.74, 6) is 2.48. The normalized spacial score (nSPS) is 13.5. The molecule has 128 valence electrons. The van der Waals surface area contributed by atoms with Gasteiger partial charge in [-0.25, -0.2) is 0 Å². The summed E-state index contributed by atoms with van der Waals surface area (Å²) in [7, 11) is 0. The lowest BCUT2D eigenvalue weighted by Gasteiger charge is -2.27. The smallest absolute Gasteiger partial charge is 0.257 e. The van der Waals surface area contributed by atoms with Crippen molar-refractivity contribution >= 4 is 5.91 Å². The number of fused-ring (bicyclic) bond motifs is 1. The molecular weight excluding hydrogens is 290 g/mol. The molecule has 4 nitrogen and oxygen atoms in total. The van der Waals surface area contributed by atoms with Gasteiger partial charge in [0.15, 0.2) is 11.5 Å². The number of carbonyl (C=O) groups excluding carboxylic acids is 1. The van der Waals surface area contributed by atoms with Crippen molar-refractivity contribution in [2.24, 2.45) is 11.8 Å². The highest BCUT2D eigenvalue weighted by atomic mass is 16.6. The van der Waals surface area contributed by atoms with Gasteiger partial charge < -0.3 is 14.4 Å². The SMILES string of the molecule is CC(C)CCN(CCC(C)C)C(=O)c1cccc2c1OCCO2. The number of amides is 1. The van der Waals surface area contributed by atoms with Gasteiger partial charge in [-0.1, -0.05) is 33.8 Å². The lowest BCUT2D eigenvalue weighted by molar-refractivity contribution is 0.0730. The van der Waals surface area contributed by atoms with Gasteiger partial charge in [0.25, 0.3) is 5.91 Å². The fourth-order valence-electron chi connectivity index (χ4n) is 2.56. The Morgan fingerprint density at radius 2 is 1.65 bits per heavy atom. The molecule has 1 amide bonds. The van der Waals surface area contributed by atoms with Crippen molar-refractivity contribution in [1.29, 1.82) is 0 Å². The van der Waals surface area contributed by atoms with Crippen molar-refractivity contribution in [1.82, 2.24) is 4.90 Å². The van der Waals surface area contributed by atoms with Crippen LogP contribution in [0.1, 0.15) is 50.9 Å². The first-order chi connectivity index (χ1) is 11.0. The summed E-state index contributed by atoms with van der Waals surface area (Å²) in [4.78, 5) is 15.0. The fourth-order valence-corrected chi connectivity index (χ4v) is 2.56. The molecule has 2 rings (SSSR count). The zero-order valence-corrected chi connectivity index (χ0v) is 14.8. The average Bonchev–Trinajstić information content (AvgIpc) is 2.53. The zero-order valence-electron chi connectivity index (χ0n) is 14.8. The number of hydrogen-bond acceptors (Lipinski definition) is 3. The molecule has 0 atom stereocenters. The van der Waals surface area contributed by atoms with Crippen LogP contribution >= 0.6 is 0 Å². The first-order valence-corrected chi connectivity index (χ1v) is 8.67. The zero-order chi connectivity index (χ0) is 16.8. The van der Waals surface area contributed by atoms with Gasteiger partial charge in [-0.3, -0.25) is 4.79 Å². The van der Waals surface area contributed by atoms with Crippen LogP contribution in [0.3, 0.4) is 0 Å². The predicted octanol–water partition coefficient (Wildman–Crippen LogP) is 3.99. The number of ether oxygens (including phenoxy) is 2. The molecule has 4 heteroatoms.